The molecule has 25 heavy (non-hydrogen) atoms. The molecule has 1 aromatic rings. The lowest BCUT2D eigenvalue weighted by molar-refractivity contribution is -0.128. The van der Waals surface area contributed by atoms with Gasteiger partial charge < -0.3 is 0 Å². The van der Waals surface area contributed by atoms with E-state index >= 15 is 0 Å². The molecule has 7 heteroatoms. The van der Waals surface area contributed by atoms with Crippen LogP contribution in [0.2, 0.25) is 0 Å². The number of nitrogens with zero attached hydrogens (tertiary/aromatic N) is 5. The number of para-hydroxylation sites is 1. The zero-order valence-electron chi connectivity index (χ0n) is 14.3. The number of hydrogen-bond donors (Lipinski definition) is 0. The number of benzene rings is 1. The summed E-state index contributed by atoms with van der Waals surface area (Å²) >= 11 is 0. The van der Waals surface area contributed by atoms with Gasteiger partial charge in [0, 0.05) is 36.2 Å². The van der Waals surface area contributed by atoms with Gasteiger partial charge in [0.1, 0.15) is 0 Å². The summed E-state index contributed by atoms with van der Waals surface area (Å²) in [6.45, 7) is 0.865. The molecule has 1 heterocycles. The summed E-state index contributed by atoms with van der Waals surface area (Å²) in [5.74, 6) is 0.00272. The average molecular weight is 341 g/mol. The topological polar surface area (TPSA) is 89.4 Å². The SMILES string of the molecule is [N-]=[N+]=N[C@H](CC(=O)N1CCN(c2ccccc2)C1=O)C1CCCCC1. The molecule has 7 nitrogen and oxygen atoms in total. The average Bonchev–Trinajstić information content (AvgIpc) is 3.04. The Balaban J connectivity index is 1.66. The number of rotatable bonds is 5. The van der Waals surface area contributed by atoms with Crippen molar-refractivity contribution in [2.75, 3.05) is 18.0 Å². The molecule has 1 aliphatic heterocycles. The van der Waals surface area contributed by atoms with Crippen LogP contribution in [0.25, 0.3) is 10.4 Å². The minimum atomic E-state index is -0.351. The van der Waals surface area contributed by atoms with E-state index in [-0.39, 0.29) is 30.3 Å². The van der Waals surface area contributed by atoms with Crippen molar-refractivity contribution in [3.63, 3.8) is 0 Å². The predicted molar refractivity (Wildman–Crippen MR) is 95.0 cm³/mol. The van der Waals surface area contributed by atoms with Gasteiger partial charge in [0.15, 0.2) is 0 Å². The molecule has 1 saturated heterocycles. The van der Waals surface area contributed by atoms with Gasteiger partial charge in [-0.1, -0.05) is 55.4 Å². The van der Waals surface area contributed by atoms with Crippen molar-refractivity contribution in [1.29, 1.82) is 0 Å². The minimum Gasteiger partial charge on any atom is -0.292 e. The first kappa shape index (κ1) is 17.3. The van der Waals surface area contributed by atoms with Crippen LogP contribution >= 0.6 is 0 Å². The van der Waals surface area contributed by atoms with Crippen LogP contribution in [-0.2, 0) is 4.79 Å². The van der Waals surface area contributed by atoms with Gasteiger partial charge in [0.2, 0.25) is 5.91 Å². The number of urea groups is 1. The monoisotopic (exact) mass is 341 g/mol. The summed E-state index contributed by atoms with van der Waals surface area (Å²) < 4.78 is 0. The normalized spacial score (nSPS) is 19.6. The van der Waals surface area contributed by atoms with Crippen molar-refractivity contribution < 1.29 is 9.59 Å². The molecular formula is C18H23N5O2. The van der Waals surface area contributed by atoms with Gasteiger partial charge in [-0.25, -0.2) is 4.79 Å². The highest BCUT2D eigenvalue weighted by atomic mass is 16.2. The number of anilines is 1. The highest BCUT2D eigenvalue weighted by Gasteiger charge is 2.35. The molecule has 0 spiro atoms. The molecule has 2 fully saturated rings. The third kappa shape index (κ3) is 3.94. The van der Waals surface area contributed by atoms with E-state index in [0.717, 1.165) is 31.4 Å². The molecule has 0 unspecified atom stereocenters. The fourth-order valence-electron chi connectivity index (χ4n) is 3.79. The highest BCUT2D eigenvalue weighted by molar-refractivity contribution is 6.04. The first-order chi connectivity index (χ1) is 12.2. The van der Waals surface area contributed by atoms with E-state index in [1.807, 2.05) is 30.3 Å². The highest BCUT2D eigenvalue weighted by Crippen LogP contribution is 2.30. The van der Waals surface area contributed by atoms with E-state index in [0.29, 0.717) is 13.1 Å². The van der Waals surface area contributed by atoms with Gasteiger partial charge in [0.05, 0.1) is 0 Å². The summed E-state index contributed by atoms with van der Waals surface area (Å²) in [5, 5.41) is 3.87. The van der Waals surface area contributed by atoms with Crippen LogP contribution in [-0.4, -0.2) is 36.0 Å². The van der Waals surface area contributed by atoms with Crippen LogP contribution in [0.15, 0.2) is 35.4 Å². The van der Waals surface area contributed by atoms with Crippen LogP contribution in [0.5, 0.6) is 0 Å². The maximum absolute atomic E-state index is 12.7. The first-order valence-electron chi connectivity index (χ1n) is 8.92. The van der Waals surface area contributed by atoms with Crippen LogP contribution in [0.3, 0.4) is 0 Å². The molecule has 3 rings (SSSR count). The molecule has 3 amide bonds. The summed E-state index contributed by atoms with van der Waals surface area (Å²) in [6, 6.07) is 8.70. The van der Waals surface area contributed by atoms with E-state index in [1.54, 1.807) is 4.90 Å². The lowest BCUT2D eigenvalue weighted by Crippen LogP contribution is -2.38. The molecule has 0 bridgehead atoms. The van der Waals surface area contributed by atoms with Crippen LogP contribution in [0.1, 0.15) is 38.5 Å². The number of hydrogen-bond acceptors (Lipinski definition) is 3. The lowest BCUT2D eigenvalue weighted by atomic mass is 9.83. The number of carbonyl (C=O) groups is 2. The standard InChI is InChI=1S/C18H23N5O2/c19-21-20-16(14-7-3-1-4-8-14)13-17(24)23-12-11-22(18(23)25)15-9-5-2-6-10-15/h2,5-6,9-10,14,16H,1,3-4,7-8,11-13H2/t16-/m1/s1. The molecule has 2 aliphatic rings. The fourth-order valence-corrected chi connectivity index (χ4v) is 3.79. The Kier molecular flexibility index (Phi) is 5.56. The molecule has 1 atom stereocenters. The largest absolute Gasteiger partial charge is 0.331 e. The summed E-state index contributed by atoms with van der Waals surface area (Å²) in [7, 11) is 0. The fraction of sp³-hybridized carbons (Fsp3) is 0.556. The van der Waals surface area contributed by atoms with E-state index in [4.69, 9.17) is 5.53 Å². The van der Waals surface area contributed by atoms with E-state index < -0.39 is 0 Å². The van der Waals surface area contributed by atoms with Crippen LogP contribution in [0.4, 0.5) is 10.5 Å². The number of amides is 3. The summed E-state index contributed by atoms with van der Waals surface area (Å²) in [4.78, 5) is 31.1. The smallest absolute Gasteiger partial charge is 0.292 e. The third-order valence-corrected chi connectivity index (χ3v) is 5.16. The van der Waals surface area contributed by atoms with Gasteiger partial charge >= 0.3 is 6.03 Å². The lowest BCUT2D eigenvalue weighted by Gasteiger charge is -2.27. The van der Waals surface area contributed by atoms with Gasteiger partial charge in [-0.2, -0.15) is 0 Å². The second-order valence-corrected chi connectivity index (χ2v) is 6.69. The van der Waals surface area contributed by atoms with Crippen LogP contribution in [0, 0.1) is 5.92 Å². The van der Waals surface area contributed by atoms with Crippen molar-refractivity contribution in [1.82, 2.24) is 4.90 Å². The zero-order chi connectivity index (χ0) is 17.6. The van der Waals surface area contributed by atoms with Crippen molar-refractivity contribution in [2.45, 2.75) is 44.6 Å². The molecule has 1 aromatic carbocycles. The third-order valence-electron chi connectivity index (χ3n) is 5.16. The second-order valence-electron chi connectivity index (χ2n) is 6.69. The summed E-state index contributed by atoms with van der Waals surface area (Å²) in [6.07, 6.45) is 5.51. The quantitative estimate of drug-likeness (QED) is 0.458. The van der Waals surface area contributed by atoms with E-state index in [1.165, 1.54) is 11.3 Å². The van der Waals surface area contributed by atoms with Gasteiger partial charge in [0.25, 0.3) is 0 Å². The molecule has 132 valence electrons. The molecule has 0 aromatic heterocycles. The van der Waals surface area contributed by atoms with E-state index in [9.17, 15) is 9.59 Å². The number of carbonyl (C=O) groups excluding carboxylic acids is 2. The first-order valence-corrected chi connectivity index (χ1v) is 8.92. The Morgan fingerprint density at radius 3 is 2.60 bits per heavy atom. The van der Waals surface area contributed by atoms with E-state index in [2.05, 4.69) is 10.0 Å². The molecule has 0 radical (unpaired) electrons. The Labute approximate surface area is 147 Å². The maximum Gasteiger partial charge on any atom is 0.331 e. The second kappa shape index (κ2) is 8.03. The Morgan fingerprint density at radius 2 is 1.92 bits per heavy atom. The van der Waals surface area contributed by atoms with Crippen molar-refractivity contribution in [3.05, 3.63) is 40.8 Å². The molecule has 1 aliphatic carbocycles. The number of azide groups is 1. The van der Waals surface area contributed by atoms with Crippen molar-refractivity contribution in [3.8, 4) is 0 Å². The Hall–Kier alpha value is -2.53. The Morgan fingerprint density at radius 1 is 1.20 bits per heavy atom. The number of imide groups is 1. The van der Waals surface area contributed by atoms with Gasteiger partial charge in [-0.05, 0) is 23.6 Å². The Bertz CT molecular complexity index is 665. The molecular weight excluding hydrogens is 318 g/mol. The summed E-state index contributed by atoms with van der Waals surface area (Å²) in [5.41, 5.74) is 9.64. The van der Waals surface area contributed by atoms with Crippen molar-refractivity contribution >= 4 is 17.6 Å². The van der Waals surface area contributed by atoms with Gasteiger partial charge in [-0.3, -0.25) is 14.6 Å². The maximum atomic E-state index is 12.7. The van der Waals surface area contributed by atoms with Crippen molar-refractivity contribution in [2.24, 2.45) is 11.0 Å². The predicted octanol–water partition coefficient (Wildman–Crippen LogP) is 4.10. The zero-order valence-corrected chi connectivity index (χ0v) is 14.3. The van der Waals surface area contributed by atoms with Gasteiger partial charge in [-0.15, -0.1) is 0 Å². The minimum absolute atomic E-state index is 0.114. The molecule has 0 N–H and O–H groups in total. The molecule has 1 saturated carbocycles. The van der Waals surface area contributed by atoms with Crippen LogP contribution < -0.4 is 4.90 Å².